The van der Waals surface area contributed by atoms with Crippen LogP contribution < -0.4 is 0 Å². The number of hydrazone groups is 1. The molecule has 23 heavy (non-hydrogen) atoms. The van der Waals surface area contributed by atoms with Gasteiger partial charge in [-0.2, -0.15) is 5.10 Å². The first-order chi connectivity index (χ1) is 10.7. The summed E-state index contributed by atoms with van der Waals surface area (Å²) in [6.45, 7) is 8.93. The van der Waals surface area contributed by atoms with Crippen LogP contribution in [0.5, 0.6) is 0 Å². The highest BCUT2D eigenvalue weighted by atomic mass is 16.4. The van der Waals surface area contributed by atoms with Gasteiger partial charge in [0.1, 0.15) is 0 Å². The molecular weight excluding hydrogens is 294 g/mol. The van der Waals surface area contributed by atoms with Crippen LogP contribution in [0.3, 0.4) is 0 Å². The van der Waals surface area contributed by atoms with Gasteiger partial charge in [0, 0.05) is 13.1 Å². The maximum absolute atomic E-state index is 12.2. The molecule has 0 aromatic rings. The number of hydrogen-bond acceptors (Lipinski definition) is 3. The van der Waals surface area contributed by atoms with Crippen LogP contribution in [0.25, 0.3) is 0 Å². The molecule has 6 heteroatoms. The van der Waals surface area contributed by atoms with Crippen molar-refractivity contribution in [3.8, 4) is 0 Å². The molecule has 1 fully saturated rings. The molecule has 1 heterocycles. The minimum absolute atomic E-state index is 0.000141. The van der Waals surface area contributed by atoms with E-state index >= 15 is 0 Å². The zero-order chi connectivity index (χ0) is 17.2. The number of carboxylic acid groups (broad SMARTS) is 1. The van der Waals surface area contributed by atoms with Crippen molar-refractivity contribution >= 4 is 17.7 Å². The average molecular weight is 323 g/mol. The molecule has 0 radical (unpaired) electrons. The van der Waals surface area contributed by atoms with Crippen LogP contribution in [0, 0.1) is 11.3 Å². The Hall–Kier alpha value is -1.59. The Bertz CT molecular complexity index is 490. The van der Waals surface area contributed by atoms with Crippen molar-refractivity contribution in [1.29, 1.82) is 0 Å². The van der Waals surface area contributed by atoms with Crippen molar-refractivity contribution in [2.75, 3.05) is 13.1 Å². The standard InChI is InChI=1S/C17H29N3O3/c1-12(19(16(22)23)11-17(2,3)4)14-9-15(21)20(18-14)10-13-7-5-6-8-13/h12-13H,5-11H2,1-4H3,(H,22,23). The molecule has 2 rings (SSSR count). The van der Waals surface area contributed by atoms with Gasteiger partial charge >= 0.3 is 6.09 Å². The van der Waals surface area contributed by atoms with Crippen LogP contribution in [-0.4, -0.2) is 51.9 Å². The summed E-state index contributed by atoms with van der Waals surface area (Å²) in [4.78, 5) is 25.2. The lowest BCUT2D eigenvalue weighted by Gasteiger charge is -2.32. The average Bonchev–Trinajstić information content (AvgIpc) is 3.05. The summed E-state index contributed by atoms with van der Waals surface area (Å²) in [5.74, 6) is 0.544. The summed E-state index contributed by atoms with van der Waals surface area (Å²) in [6, 6.07) is -0.371. The second-order valence-electron chi connectivity index (χ2n) is 8.04. The molecule has 1 aliphatic heterocycles. The second-order valence-corrected chi connectivity index (χ2v) is 8.04. The Balaban J connectivity index is 2.06. The van der Waals surface area contributed by atoms with Gasteiger partial charge in [-0.3, -0.25) is 9.69 Å². The molecule has 1 N–H and O–H groups in total. The molecular formula is C17H29N3O3. The van der Waals surface area contributed by atoms with Gasteiger partial charge in [0.2, 0.25) is 5.91 Å². The summed E-state index contributed by atoms with van der Waals surface area (Å²) >= 11 is 0. The molecule has 1 atom stereocenters. The lowest BCUT2D eigenvalue weighted by atomic mass is 9.95. The van der Waals surface area contributed by atoms with E-state index in [2.05, 4.69) is 5.10 Å². The van der Waals surface area contributed by atoms with Gasteiger partial charge in [-0.15, -0.1) is 0 Å². The van der Waals surface area contributed by atoms with E-state index in [9.17, 15) is 14.7 Å². The quantitative estimate of drug-likeness (QED) is 0.844. The van der Waals surface area contributed by atoms with Crippen molar-refractivity contribution in [2.45, 2.75) is 65.8 Å². The minimum Gasteiger partial charge on any atom is -0.465 e. The molecule has 0 bridgehead atoms. The molecule has 1 saturated carbocycles. The normalized spacial score (nSPS) is 20.8. The summed E-state index contributed by atoms with van der Waals surface area (Å²) in [6.07, 6.45) is 4.07. The zero-order valence-corrected chi connectivity index (χ0v) is 14.7. The van der Waals surface area contributed by atoms with Gasteiger partial charge < -0.3 is 5.11 Å². The van der Waals surface area contributed by atoms with Crippen LogP contribution in [0.4, 0.5) is 4.79 Å². The van der Waals surface area contributed by atoms with Gasteiger partial charge in [0.05, 0.1) is 18.2 Å². The highest BCUT2D eigenvalue weighted by Crippen LogP contribution is 2.27. The van der Waals surface area contributed by atoms with E-state index in [1.54, 1.807) is 5.01 Å². The third kappa shape index (κ3) is 4.69. The van der Waals surface area contributed by atoms with Crippen LogP contribution in [0.15, 0.2) is 5.10 Å². The monoisotopic (exact) mass is 323 g/mol. The van der Waals surface area contributed by atoms with Gasteiger partial charge in [0.25, 0.3) is 0 Å². The van der Waals surface area contributed by atoms with E-state index in [0.717, 1.165) is 12.8 Å². The Labute approximate surface area is 138 Å². The summed E-state index contributed by atoms with van der Waals surface area (Å²) < 4.78 is 0. The fourth-order valence-electron chi connectivity index (χ4n) is 3.36. The van der Waals surface area contributed by atoms with Gasteiger partial charge in [-0.25, -0.2) is 9.80 Å². The number of nitrogens with zero attached hydrogens (tertiary/aromatic N) is 3. The van der Waals surface area contributed by atoms with Crippen molar-refractivity contribution in [2.24, 2.45) is 16.4 Å². The molecule has 2 aliphatic rings. The molecule has 0 spiro atoms. The van der Waals surface area contributed by atoms with Crippen LogP contribution in [0.1, 0.15) is 59.8 Å². The Morgan fingerprint density at radius 3 is 2.52 bits per heavy atom. The van der Waals surface area contributed by atoms with Crippen LogP contribution >= 0.6 is 0 Å². The first kappa shape index (κ1) is 17.8. The van der Waals surface area contributed by atoms with E-state index in [-0.39, 0.29) is 23.8 Å². The maximum Gasteiger partial charge on any atom is 0.407 e. The van der Waals surface area contributed by atoms with Gasteiger partial charge in [-0.05, 0) is 31.1 Å². The minimum atomic E-state index is -0.961. The first-order valence-electron chi connectivity index (χ1n) is 8.54. The fourth-order valence-corrected chi connectivity index (χ4v) is 3.36. The summed E-state index contributed by atoms with van der Waals surface area (Å²) in [7, 11) is 0. The maximum atomic E-state index is 12.2. The number of carbonyl (C=O) groups excluding carboxylic acids is 1. The Morgan fingerprint density at radius 1 is 1.39 bits per heavy atom. The zero-order valence-electron chi connectivity index (χ0n) is 14.7. The lowest BCUT2D eigenvalue weighted by Crippen LogP contribution is -2.46. The van der Waals surface area contributed by atoms with Gasteiger partial charge in [-0.1, -0.05) is 33.6 Å². The van der Waals surface area contributed by atoms with E-state index < -0.39 is 6.09 Å². The van der Waals surface area contributed by atoms with Gasteiger partial charge in [0.15, 0.2) is 0 Å². The van der Waals surface area contributed by atoms with E-state index in [1.165, 1.54) is 17.7 Å². The van der Waals surface area contributed by atoms with Crippen LogP contribution in [-0.2, 0) is 4.79 Å². The van der Waals surface area contributed by atoms with E-state index in [1.807, 2.05) is 27.7 Å². The highest BCUT2D eigenvalue weighted by molar-refractivity contribution is 6.08. The lowest BCUT2D eigenvalue weighted by molar-refractivity contribution is -0.129. The Morgan fingerprint density at radius 2 is 2.00 bits per heavy atom. The molecule has 0 aromatic carbocycles. The predicted octanol–water partition coefficient (Wildman–Crippen LogP) is 3.18. The fraction of sp³-hybridized carbons (Fsp3) is 0.824. The third-order valence-electron chi connectivity index (χ3n) is 4.62. The van der Waals surface area contributed by atoms with Crippen molar-refractivity contribution in [1.82, 2.24) is 9.91 Å². The second kappa shape index (κ2) is 6.89. The summed E-state index contributed by atoms with van der Waals surface area (Å²) in [5.41, 5.74) is 0.527. The van der Waals surface area contributed by atoms with Crippen LogP contribution in [0.2, 0.25) is 0 Å². The molecule has 130 valence electrons. The number of amides is 2. The Kier molecular flexibility index (Phi) is 5.32. The SMILES string of the molecule is CC(C1=NN(CC2CCCC2)C(=O)C1)N(CC(C)(C)C)C(=O)O. The molecule has 0 aromatic heterocycles. The summed E-state index contributed by atoms with van der Waals surface area (Å²) in [5, 5.41) is 15.5. The molecule has 0 saturated heterocycles. The number of hydrogen-bond donors (Lipinski definition) is 1. The predicted molar refractivity (Wildman–Crippen MR) is 89.4 cm³/mol. The molecule has 6 nitrogen and oxygen atoms in total. The van der Waals surface area contributed by atoms with Crippen molar-refractivity contribution in [3.05, 3.63) is 0 Å². The smallest absolute Gasteiger partial charge is 0.407 e. The van der Waals surface area contributed by atoms with E-state index in [0.29, 0.717) is 24.7 Å². The van der Waals surface area contributed by atoms with Crippen molar-refractivity contribution < 1.29 is 14.7 Å². The molecule has 2 amide bonds. The number of carbonyl (C=O) groups is 2. The molecule has 1 aliphatic carbocycles. The number of rotatable bonds is 5. The topological polar surface area (TPSA) is 73.2 Å². The third-order valence-corrected chi connectivity index (χ3v) is 4.62. The highest BCUT2D eigenvalue weighted by Gasteiger charge is 2.34. The molecule has 1 unspecified atom stereocenters. The largest absolute Gasteiger partial charge is 0.465 e. The first-order valence-corrected chi connectivity index (χ1v) is 8.54. The van der Waals surface area contributed by atoms with E-state index in [4.69, 9.17) is 0 Å². The van der Waals surface area contributed by atoms with Crippen molar-refractivity contribution in [3.63, 3.8) is 0 Å².